The van der Waals surface area contributed by atoms with E-state index in [-0.39, 0.29) is 17.6 Å². The molecule has 3 aliphatic heterocycles. The van der Waals surface area contributed by atoms with Crippen LogP contribution in [-0.4, -0.2) is 50.4 Å². The van der Waals surface area contributed by atoms with Crippen LogP contribution in [-0.2, 0) is 6.42 Å². The molecule has 0 unspecified atom stereocenters. The summed E-state index contributed by atoms with van der Waals surface area (Å²) in [5.41, 5.74) is 9.29. The Morgan fingerprint density at radius 2 is 1.89 bits per heavy atom. The Kier molecular flexibility index (Phi) is 5.04. The highest BCUT2D eigenvalue weighted by molar-refractivity contribution is 5.88. The molecule has 190 valence electrons. The molecule has 0 aliphatic carbocycles. The van der Waals surface area contributed by atoms with E-state index in [4.69, 9.17) is 10.5 Å². The van der Waals surface area contributed by atoms with E-state index in [0.717, 1.165) is 35.5 Å². The van der Waals surface area contributed by atoms with Crippen LogP contribution in [0.1, 0.15) is 48.7 Å². The zero-order valence-corrected chi connectivity index (χ0v) is 20.1. The quantitative estimate of drug-likeness (QED) is 0.427. The molecule has 1 atom stereocenters. The number of fused-ring (bicyclic) bond motifs is 3. The largest absolute Gasteiger partial charge is 0.485 e. The first-order chi connectivity index (χ1) is 18.0. The molecule has 4 aromatic rings. The van der Waals surface area contributed by atoms with E-state index < -0.39 is 12.0 Å². The second kappa shape index (κ2) is 8.34. The molecule has 3 aromatic heterocycles. The number of nitrogens with one attached hydrogen (secondary N) is 1. The lowest BCUT2D eigenvalue weighted by atomic mass is 9.83. The van der Waals surface area contributed by atoms with E-state index in [1.807, 2.05) is 46.2 Å². The van der Waals surface area contributed by atoms with Gasteiger partial charge in [-0.15, -0.1) is 0 Å². The Hall–Kier alpha value is -3.86. The van der Waals surface area contributed by atoms with Gasteiger partial charge in [0.25, 0.3) is 6.43 Å². The van der Waals surface area contributed by atoms with E-state index in [1.54, 1.807) is 6.20 Å². The number of hydrogen-bond donors (Lipinski definition) is 2. The molecule has 1 fully saturated rings. The number of aromatic amines is 1. The topological polar surface area (TPSA) is 109 Å². The molecule has 1 saturated heterocycles. The molecule has 0 radical (unpaired) electrons. The average Bonchev–Trinajstić information content (AvgIpc) is 3.46. The second-order valence-corrected chi connectivity index (χ2v) is 9.87. The van der Waals surface area contributed by atoms with Gasteiger partial charge in [0.15, 0.2) is 22.8 Å². The molecular weight excluding hydrogens is 478 g/mol. The molecule has 6 heterocycles. The van der Waals surface area contributed by atoms with Crippen LogP contribution < -0.4 is 20.3 Å². The number of rotatable bonds is 3. The van der Waals surface area contributed by atoms with E-state index in [9.17, 15) is 8.78 Å². The SMILES string of the molecule is N[C@@H]1c2ccccc2OC12CCN(c1nc3[nH]nc(N4CCCc5ncccc54)c3nc1C(F)F)CC2. The van der Waals surface area contributed by atoms with Gasteiger partial charge in [-0.3, -0.25) is 10.1 Å². The number of benzene rings is 1. The first kappa shape index (κ1) is 22.3. The summed E-state index contributed by atoms with van der Waals surface area (Å²) in [5.74, 6) is 1.47. The normalized spacial score (nSPS) is 20.4. The third kappa shape index (κ3) is 3.44. The maximum Gasteiger partial charge on any atom is 0.284 e. The zero-order chi connectivity index (χ0) is 25.1. The lowest BCUT2D eigenvalue weighted by Crippen LogP contribution is -2.51. The van der Waals surface area contributed by atoms with Gasteiger partial charge in [-0.05, 0) is 31.0 Å². The van der Waals surface area contributed by atoms with E-state index >= 15 is 0 Å². The number of pyridine rings is 1. The van der Waals surface area contributed by atoms with Crippen LogP contribution in [0.5, 0.6) is 5.75 Å². The van der Waals surface area contributed by atoms with Gasteiger partial charge in [0.05, 0.1) is 17.4 Å². The van der Waals surface area contributed by atoms with Gasteiger partial charge >= 0.3 is 0 Å². The van der Waals surface area contributed by atoms with Crippen molar-refractivity contribution in [3.05, 3.63) is 59.5 Å². The molecule has 0 amide bonds. The van der Waals surface area contributed by atoms with Gasteiger partial charge in [0.1, 0.15) is 17.0 Å². The molecule has 3 aliphatic rings. The van der Waals surface area contributed by atoms with Gasteiger partial charge < -0.3 is 20.3 Å². The van der Waals surface area contributed by atoms with Gasteiger partial charge in [-0.2, -0.15) is 5.10 Å². The highest BCUT2D eigenvalue weighted by Crippen LogP contribution is 2.47. The molecule has 11 heteroatoms. The third-order valence-corrected chi connectivity index (χ3v) is 7.84. The standard InChI is InChI=1S/C26H26F2N8O/c27-22(28)19-24(35-13-9-26(10-14-35)21(29)15-5-1-2-8-18(15)37-26)32-23-20(31-19)25(34-33-23)36-12-4-6-16-17(36)7-3-11-30-16/h1-3,5,7-8,11,21-22H,4,6,9-10,12-14,29H2,(H,32,33,34)/t21-/m1/s1. The number of anilines is 3. The summed E-state index contributed by atoms with van der Waals surface area (Å²) in [7, 11) is 0. The number of H-pyrrole nitrogens is 1. The van der Waals surface area contributed by atoms with Crippen LogP contribution >= 0.6 is 0 Å². The van der Waals surface area contributed by atoms with Gasteiger partial charge in [-0.1, -0.05) is 18.2 Å². The van der Waals surface area contributed by atoms with Crippen LogP contribution in [0.25, 0.3) is 11.2 Å². The van der Waals surface area contributed by atoms with E-state index in [1.165, 1.54) is 0 Å². The maximum absolute atomic E-state index is 14.3. The number of ether oxygens (including phenoxy) is 1. The lowest BCUT2D eigenvalue weighted by Gasteiger charge is -2.41. The molecular formula is C26H26F2N8O. The summed E-state index contributed by atoms with van der Waals surface area (Å²) in [6, 6.07) is 11.4. The van der Waals surface area contributed by atoms with Gasteiger partial charge in [-0.25, -0.2) is 18.7 Å². The van der Waals surface area contributed by atoms with E-state index in [2.05, 4.69) is 25.1 Å². The first-order valence-corrected chi connectivity index (χ1v) is 12.6. The Morgan fingerprint density at radius 1 is 1.05 bits per heavy atom. The number of nitrogens with zero attached hydrogens (tertiary/aromatic N) is 6. The molecule has 3 N–H and O–H groups in total. The predicted octanol–water partition coefficient (Wildman–Crippen LogP) is 4.20. The molecule has 37 heavy (non-hydrogen) atoms. The van der Waals surface area contributed by atoms with Crippen molar-refractivity contribution < 1.29 is 13.5 Å². The lowest BCUT2D eigenvalue weighted by molar-refractivity contribution is 0.0429. The van der Waals surface area contributed by atoms with Crippen molar-refractivity contribution in [3.8, 4) is 5.75 Å². The predicted molar refractivity (Wildman–Crippen MR) is 134 cm³/mol. The minimum absolute atomic E-state index is 0.178. The number of alkyl halides is 2. The average molecular weight is 505 g/mol. The zero-order valence-electron chi connectivity index (χ0n) is 20.1. The Bertz CT molecular complexity index is 1480. The Labute approximate surface area is 211 Å². The van der Waals surface area contributed by atoms with Crippen LogP contribution in [0.2, 0.25) is 0 Å². The molecule has 7 rings (SSSR count). The smallest absolute Gasteiger partial charge is 0.284 e. The van der Waals surface area contributed by atoms with Gasteiger partial charge in [0.2, 0.25) is 0 Å². The van der Waals surface area contributed by atoms with Crippen molar-refractivity contribution in [2.45, 2.75) is 43.8 Å². The van der Waals surface area contributed by atoms with Crippen LogP contribution in [0.3, 0.4) is 0 Å². The number of aromatic nitrogens is 5. The highest BCUT2D eigenvalue weighted by Gasteiger charge is 2.48. The van der Waals surface area contributed by atoms with E-state index in [0.29, 0.717) is 49.5 Å². The number of halogens is 2. The fraction of sp³-hybridized carbons (Fsp3) is 0.385. The summed E-state index contributed by atoms with van der Waals surface area (Å²) < 4.78 is 35.0. The van der Waals surface area contributed by atoms with Crippen molar-refractivity contribution in [1.29, 1.82) is 0 Å². The molecule has 0 bridgehead atoms. The summed E-state index contributed by atoms with van der Waals surface area (Å²) in [4.78, 5) is 17.4. The monoisotopic (exact) mass is 504 g/mol. The van der Waals surface area contributed by atoms with Gasteiger partial charge in [0, 0.05) is 44.2 Å². The molecule has 0 saturated carbocycles. The molecule has 1 spiro atoms. The van der Waals surface area contributed by atoms with Crippen molar-refractivity contribution in [3.63, 3.8) is 0 Å². The second-order valence-electron chi connectivity index (χ2n) is 9.87. The summed E-state index contributed by atoms with van der Waals surface area (Å²) >= 11 is 0. The number of hydrogen-bond acceptors (Lipinski definition) is 8. The maximum atomic E-state index is 14.3. The Balaban J connectivity index is 1.21. The molecule has 1 aromatic carbocycles. The van der Waals surface area contributed by atoms with Crippen molar-refractivity contribution in [1.82, 2.24) is 25.1 Å². The third-order valence-electron chi connectivity index (χ3n) is 7.84. The summed E-state index contributed by atoms with van der Waals surface area (Å²) in [6.07, 6.45) is 1.91. The summed E-state index contributed by atoms with van der Waals surface area (Å²) in [6.45, 7) is 1.66. The number of nitrogens with two attached hydrogens (primary N) is 1. The minimum atomic E-state index is -2.78. The fourth-order valence-electron chi connectivity index (χ4n) is 5.92. The van der Waals surface area contributed by atoms with Crippen molar-refractivity contribution >= 4 is 28.5 Å². The van der Waals surface area contributed by atoms with Crippen molar-refractivity contribution in [2.75, 3.05) is 29.4 Å². The number of piperidine rings is 1. The van der Waals surface area contributed by atoms with Crippen LogP contribution in [0.4, 0.5) is 26.1 Å². The van der Waals surface area contributed by atoms with Crippen molar-refractivity contribution in [2.24, 2.45) is 5.73 Å². The summed E-state index contributed by atoms with van der Waals surface area (Å²) in [5, 5.41) is 7.37. The number of para-hydroxylation sites is 1. The Morgan fingerprint density at radius 3 is 2.70 bits per heavy atom. The number of aryl methyl sites for hydroxylation is 1. The highest BCUT2D eigenvalue weighted by atomic mass is 19.3. The minimum Gasteiger partial charge on any atom is -0.485 e. The fourth-order valence-corrected chi connectivity index (χ4v) is 5.92. The first-order valence-electron chi connectivity index (χ1n) is 12.6. The molecule has 9 nitrogen and oxygen atoms in total. The van der Waals surface area contributed by atoms with Crippen LogP contribution in [0, 0.1) is 0 Å². The van der Waals surface area contributed by atoms with Crippen LogP contribution in [0.15, 0.2) is 42.6 Å².